The van der Waals surface area contributed by atoms with Gasteiger partial charge in [-0.1, -0.05) is 0 Å². The molecule has 20 heavy (non-hydrogen) atoms. The second kappa shape index (κ2) is 5.71. The van der Waals surface area contributed by atoms with Crippen molar-refractivity contribution in [3.05, 3.63) is 24.3 Å². The first-order valence-corrected chi connectivity index (χ1v) is 7.33. The molecule has 2 fully saturated rings. The van der Waals surface area contributed by atoms with Gasteiger partial charge in [0.2, 0.25) is 0 Å². The number of nitrogens with one attached hydrogen (secondary N) is 2. The van der Waals surface area contributed by atoms with Gasteiger partial charge < -0.3 is 15.5 Å². The number of carbonyl (C=O) groups is 1. The molecule has 2 aliphatic rings. The molecular formula is C15H22N4O. The van der Waals surface area contributed by atoms with Crippen LogP contribution < -0.4 is 15.5 Å². The molecule has 0 radical (unpaired) electrons. The third kappa shape index (κ3) is 2.88. The minimum absolute atomic E-state index is 0.000357. The second-order valence-corrected chi connectivity index (χ2v) is 5.68. The van der Waals surface area contributed by atoms with E-state index >= 15 is 0 Å². The van der Waals surface area contributed by atoms with Gasteiger partial charge in [0.05, 0.1) is 0 Å². The van der Waals surface area contributed by atoms with Gasteiger partial charge in [-0.3, -0.25) is 4.90 Å². The molecule has 108 valence electrons. The molecule has 2 N–H and O–H groups in total. The molecule has 5 heteroatoms. The summed E-state index contributed by atoms with van der Waals surface area (Å²) < 4.78 is 0. The number of likely N-dealkylation sites (tertiary alicyclic amines) is 1. The highest BCUT2D eigenvalue weighted by atomic mass is 16.2. The Bertz CT molecular complexity index is 473. The fourth-order valence-corrected chi connectivity index (χ4v) is 2.98. The van der Waals surface area contributed by atoms with Crippen molar-refractivity contribution < 1.29 is 4.79 Å². The summed E-state index contributed by atoms with van der Waals surface area (Å²) in [4.78, 5) is 15.7. The van der Waals surface area contributed by atoms with Gasteiger partial charge in [-0.15, -0.1) is 0 Å². The first-order valence-electron chi connectivity index (χ1n) is 7.33. The van der Waals surface area contributed by atoms with Crippen LogP contribution in [-0.2, 0) is 0 Å². The fraction of sp³-hybridized carbons (Fsp3) is 0.533. The maximum atomic E-state index is 11.6. The molecule has 2 saturated heterocycles. The average Bonchev–Trinajstić information content (AvgIpc) is 2.86. The van der Waals surface area contributed by atoms with E-state index < -0.39 is 0 Å². The van der Waals surface area contributed by atoms with E-state index in [9.17, 15) is 4.79 Å². The summed E-state index contributed by atoms with van der Waals surface area (Å²) in [5.41, 5.74) is 2.10. The Balaban J connectivity index is 1.62. The van der Waals surface area contributed by atoms with E-state index in [0.29, 0.717) is 6.04 Å². The van der Waals surface area contributed by atoms with Crippen molar-refractivity contribution in [2.45, 2.75) is 18.9 Å². The van der Waals surface area contributed by atoms with Crippen molar-refractivity contribution in [2.75, 3.05) is 43.4 Å². The van der Waals surface area contributed by atoms with Gasteiger partial charge in [0.25, 0.3) is 0 Å². The first kappa shape index (κ1) is 13.2. The van der Waals surface area contributed by atoms with Crippen LogP contribution in [0.4, 0.5) is 16.2 Å². The summed E-state index contributed by atoms with van der Waals surface area (Å²) in [7, 11) is 2.17. The summed E-state index contributed by atoms with van der Waals surface area (Å²) in [5.74, 6) is 0. The van der Waals surface area contributed by atoms with E-state index in [4.69, 9.17) is 0 Å². The number of hydrogen-bond donors (Lipinski definition) is 2. The summed E-state index contributed by atoms with van der Waals surface area (Å²) in [6.45, 7) is 3.77. The molecule has 2 heterocycles. The maximum Gasteiger partial charge on any atom is 0.321 e. The highest BCUT2D eigenvalue weighted by molar-refractivity contribution is 5.94. The fourth-order valence-electron chi connectivity index (χ4n) is 2.98. The van der Waals surface area contributed by atoms with E-state index in [2.05, 4.69) is 34.7 Å². The Morgan fingerprint density at radius 1 is 1.25 bits per heavy atom. The van der Waals surface area contributed by atoms with Crippen LogP contribution in [0.15, 0.2) is 24.3 Å². The molecule has 0 aromatic heterocycles. The number of likely N-dealkylation sites (N-methyl/N-ethyl adjacent to an activating group) is 1. The van der Waals surface area contributed by atoms with E-state index in [-0.39, 0.29) is 6.03 Å². The largest absolute Gasteiger partial charge is 0.381 e. The average molecular weight is 274 g/mol. The van der Waals surface area contributed by atoms with Crippen molar-refractivity contribution in [3.63, 3.8) is 0 Å². The number of anilines is 2. The summed E-state index contributed by atoms with van der Waals surface area (Å²) in [5, 5.41) is 6.40. The molecule has 1 atom stereocenters. The number of hydrogen-bond acceptors (Lipinski definition) is 3. The van der Waals surface area contributed by atoms with Gasteiger partial charge in [0.1, 0.15) is 0 Å². The lowest BCUT2D eigenvalue weighted by atomic mass is 10.1. The van der Waals surface area contributed by atoms with E-state index in [1.165, 1.54) is 19.4 Å². The Labute approximate surface area is 119 Å². The summed E-state index contributed by atoms with van der Waals surface area (Å²) in [6.07, 6.45) is 2.47. The van der Waals surface area contributed by atoms with Crippen LogP contribution in [0.1, 0.15) is 12.8 Å². The zero-order chi connectivity index (χ0) is 13.9. The molecule has 1 aromatic carbocycles. The molecule has 1 aromatic rings. The Kier molecular flexibility index (Phi) is 3.78. The SMILES string of the molecule is CN1CCCC(Nc2ccc(N3CCNC3=O)cc2)C1. The highest BCUT2D eigenvalue weighted by Gasteiger charge is 2.21. The smallest absolute Gasteiger partial charge is 0.321 e. The van der Waals surface area contributed by atoms with E-state index in [0.717, 1.165) is 31.0 Å². The van der Waals surface area contributed by atoms with Crippen LogP contribution in [0, 0.1) is 0 Å². The monoisotopic (exact) mass is 274 g/mol. The van der Waals surface area contributed by atoms with Crippen molar-refractivity contribution in [1.29, 1.82) is 0 Å². The molecule has 1 unspecified atom stereocenters. The maximum absolute atomic E-state index is 11.6. The number of urea groups is 1. The Hall–Kier alpha value is -1.75. The van der Waals surface area contributed by atoms with E-state index in [1.807, 2.05) is 12.1 Å². The molecule has 0 saturated carbocycles. The van der Waals surface area contributed by atoms with Crippen LogP contribution in [0.2, 0.25) is 0 Å². The molecule has 0 aliphatic carbocycles. The highest BCUT2D eigenvalue weighted by Crippen LogP contribution is 2.21. The van der Waals surface area contributed by atoms with Crippen LogP contribution in [0.25, 0.3) is 0 Å². The lowest BCUT2D eigenvalue weighted by molar-refractivity contribution is 0.252. The van der Waals surface area contributed by atoms with Crippen molar-refractivity contribution in [1.82, 2.24) is 10.2 Å². The zero-order valence-corrected chi connectivity index (χ0v) is 11.9. The molecule has 3 rings (SSSR count). The molecule has 2 aliphatic heterocycles. The van der Waals surface area contributed by atoms with Crippen LogP contribution in [0.5, 0.6) is 0 Å². The minimum Gasteiger partial charge on any atom is -0.381 e. The van der Waals surface area contributed by atoms with E-state index in [1.54, 1.807) is 4.90 Å². The number of benzene rings is 1. The number of rotatable bonds is 3. The van der Waals surface area contributed by atoms with Gasteiger partial charge >= 0.3 is 6.03 Å². The third-order valence-corrected chi connectivity index (χ3v) is 4.03. The molecule has 0 bridgehead atoms. The van der Waals surface area contributed by atoms with Crippen LogP contribution in [-0.4, -0.2) is 50.2 Å². The lowest BCUT2D eigenvalue weighted by Crippen LogP contribution is -2.39. The van der Waals surface area contributed by atoms with Gasteiger partial charge in [0.15, 0.2) is 0 Å². The second-order valence-electron chi connectivity index (χ2n) is 5.68. The van der Waals surface area contributed by atoms with Gasteiger partial charge in [0, 0.05) is 37.1 Å². The van der Waals surface area contributed by atoms with Crippen LogP contribution >= 0.6 is 0 Å². The minimum atomic E-state index is -0.000357. The summed E-state index contributed by atoms with van der Waals surface area (Å²) in [6, 6.07) is 8.68. The molecule has 0 spiro atoms. The Morgan fingerprint density at radius 2 is 2.05 bits per heavy atom. The lowest BCUT2D eigenvalue weighted by Gasteiger charge is -2.31. The summed E-state index contributed by atoms with van der Waals surface area (Å²) >= 11 is 0. The predicted molar refractivity (Wildman–Crippen MR) is 81.3 cm³/mol. The zero-order valence-electron chi connectivity index (χ0n) is 11.9. The first-order chi connectivity index (χ1) is 9.72. The van der Waals surface area contributed by atoms with Crippen molar-refractivity contribution in [2.24, 2.45) is 0 Å². The number of piperidine rings is 1. The number of carbonyl (C=O) groups excluding carboxylic acids is 1. The normalized spacial score (nSPS) is 23.8. The number of nitrogens with zero attached hydrogens (tertiary/aromatic N) is 2. The van der Waals surface area contributed by atoms with Gasteiger partial charge in [-0.25, -0.2) is 4.79 Å². The van der Waals surface area contributed by atoms with Gasteiger partial charge in [-0.2, -0.15) is 0 Å². The van der Waals surface area contributed by atoms with Crippen LogP contribution in [0.3, 0.4) is 0 Å². The molecule has 2 amide bonds. The standard InChI is InChI=1S/C15H22N4O/c1-18-9-2-3-13(11-18)17-12-4-6-14(7-5-12)19-10-8-16-15(19)20/h4-7,13,17H,2-3,8-11H2,1H3,(H,16,20). The van der Waals surface area contributed by atoms with Gasteiger partial charge in [-0.05, 0) is 50.7 Å². The quantitative estimate of drug-likeness (QED) is 0.882. The molecular weight excluding hydrogens is 252 g/mol. The Morgan fingerprint density at radius 3 is 2.70 bits per heavy atom. The third-order valence-electron chi connectivity index (χ3n) is 4.03. The predicted octanol–water partition coefficient (Wildman–Crippen LogP) is 1.72. The van der Waals surface area contributed by atoms with Crippen molar-refractivity contribution in [3.8, 4) is 0 Å². The van der Waals surface area contributed by atoms with Crippen molar-refractivity contribution >= 4 is 17.4 Å². The topological polar surface area (TPSA) is 47.6 Å². The number of amides is 2. The molecule has 5 nitrogen and oxygen atoms in total.